The number of carboxylic acid groups (broad SMARTS) is 1. The second-order valence-corrected chi connectivity index (χ2v) is 6.20. The smallest absolute Gasteiger partial charge is 0.307 e. The highest BCUT2D eigenvalue weighted by Gasteiger charge is 2.27. The molecule has 1 atom stereocenters. The molecule has 6 nitrogen and oxygen atoms in total. The van der Waals surface area contributed by atoms with Crippen LogP contribution in [0.1, 0.15) is 24.3 Å². The van der Waals surface area contributed by atoms with Gasteiger partial charge in [0.05, 0.1) is 5.92 Å². The van der Waals surface area contributed by atoms with Crippen LogP contribution < -0.4 is 0 Å². The van der Waals surface area contributed by atoms with Crippen molar-refractivity contribution in [3.05, 3.63) is 35.5 Å². The number of likely N-dealkylation sites (tertiary alicyclic amines) is 1. The Hall–Kier alpha value is -2.28. The molecule has 1 saturated heterocycles. The maximum Gasteiger partial charge on any atom is 0.307 e. The number of hydrogen-bond acceptors (Lipinski definition) is 5. The Morgan fingerprint density at radius 3 is 3.04 bits per heavy atom. The molecule has 1 aliphatic rings. The van der Waals surface area contributed by atoms with Crippen LogP contribution in [0.5, 0.6) is 0 Å². The summed E-state index contributed by atoms with van der Waals surface area (Å²) in [6.07, 6.45) is 2.14. The number of aliphatic carboxylic acids is 1. The van der Waals surface area contributed by atoms with Crippen molar-refractivity contribution in [3.63, 3.8) is 0 Å². The Bertz CT molecular complexity index is 732. The summed E-state index contributed by atoms with van der Waals surface area (Å²) in [5, 5.41) is 12.9. The number of rotatable bonds is 6. The molecule has 2 aromatic rings. The molecule has 1 unspecified atom stereocenters. The lowest BCUT2D eigenvalue weighted by molar-refractivity contribution is -0.141. The first-order chi connectivity index (χ1) is 11.5. The lowest BCUT2D eigenvalue weighted by Gasteiger charge is -2.13. The van der Waals surface area contributed by atoms with E-state index in [0.717, 1.165) is 19.5 Å². The van der Waals surface area contributed by atoms with Crippen LogP contribution >= 0.6 is 0 Å². The number of halogens is 1. The average Bonchev–Trinajstić information content (AvgIpc) is 3.20. The van der Waals surface area contributed by atoms with Crippen molar-refractivity contribution in [2.45, 2.75) is 26.2 Å². The number of nitrogens with zero attached hydrogens (tertiary/aromatic N) is 3. The fourth-order valence-electron chi connectivity index (χ4n) is 2.90. The fourth-order valence-corrected chi connectivity index (χ4v) is 2.90. The van der Waals surface area contributed by atoms with Gasteiger partial charge in [-0.15, -0.1) is 0 Å². The van der Waals surface area contributed by atoms with E-state index in [1.165, 1.54) is 6.07 Å². The minimum absolute atomic E-state index is 0.253. The Morgan fingerprint density at radius 2 is 2.33 bits per heavy atom. The first-order valence-corrected chi connectivity index (χ1v) is 8.07. The van der Waals surface area contributed by atoms with Gasteiger partial charge in [-0.25, -0.2) is 4.39 Å². The number of aryl methyl sites for hydroxylation is 2. The van der Waals surface area contributed by atoms with E-state index in [1.807, 2.05) is 0 Å². The molecule has 128 valence electrons. The monoisotopic (exact) mass is 333 g/mol. The Kier molecular flexibility index (Phi) is 4.89. The predicted octanol–water partition coefficient (Wildman–Crippen LogP) is 2.52. The van der Waals surface area contributed by atoms with Gasteiger partial charge in [0.1, 0.15) is 5.82 Å². The van der Waals surface area contributed by atoms with Crippen molar-refractivity contribution in [2.24, 2.45) is 5.92 Å². The van der Waals surface area contributed by atoms with Gasteiger partial charge < -0.3 is 14.5 Å². The number of aromatic nitrogens is 2. The van der Waals surface area contributed by atoms with Gasteiger partial charge in [-0.3, -0.25) is 4.79 Å². The summed E-state index contributed by atoms with van der Waals surface area (Å²) in [4.78, 5) is 17.4. The normalized spacial score (nSPS) is 18.2. The molecule has 1 N–H and O–H groups in total. The number of hydrogen-bond donors (Lipinski definition) is 1. The highest BCUT2D eigenvalue weighted by molar-refractivity contribution is 5.70. The van der Waals surface area contributed by atoms with Crippen molar-refractivity contribution < 1.29 is 18.8 Å². The van der Waals surface area contributed by atoms with E-state index in [0.29, 0.717) is 42.2 Å². The molecule has 2 heterocycles. The summed E-state index contributed by atoms with van der Waals surface area (Å²) in [6.45, 7) is 3.93. The lowest BCUT2D eigenvalue weighted by atomic mass is 10.1. The van der Waals surface area contributed by atoms with Crippen molar-refractivity contribution >= 4 is 5.97 Å². The minimum atomic E-state index is -0.718. The summed E-state index contributed by atoms with van der Waals surface area (Å²) >= 11 is 0. The number of carboxylic acids is 1. The van der Waals surface area contributed by atoms with Crippen LogP contribution in [-0.2, 0) is 11.2 Å². The van der Waals surface area contributed by atoms with E-state index in [-0.39, 0.29) is 11.7 Å². The average molecular weight is 333 g/mol. The summed E-state index contributed by atoms with van der Waals surface area (Å²) in [5.41, 5.74) is 1.17. The highest BCUT2D eigenvalue weighted by atomic mass is 19.1. The third-order valence-electron chi connectivity index (χ3n) is 4.38. The SMILES string of the molecule is Cc1ccc(-c2noc(CCCN3CCC(C(=O)O)C3)n2)cc1F. The summed E-state index contributed by atoms with van der Waals surface area (Å²) in [7, 11) is 0. The zero-order valence-corrected chi connectivity index (χ0v) is 13.5. The van der Waals surface area contributed by atoms with E-state index in [1.54, 1.807) is 19.1 Å². The van der Waals surface area contributed by atoms with Crippen LogP contribution in [0.2, 0.25) is 0 Å². The molecule has 0 aliphatic carbocycles. The molecule has 0 saturated carbocycles. The van der Waals surface area contributed by atoms with Crippen molar-refractivity contribution in [2.75, 3.05) is 19.6 Å². The van der Waals surface area contributed by atoms with Gasteiger partial charge >= 0.3 is 5.97 Å². The van der Waals surface area contributed by atoms with E-state index in [9.17, 15) is 9.18 Å². The van der Waals surface area contributed by atoms with Gasteiger partial charge in [0.25, 0.3) is 0 Å². The fraction of sp³-hybridized carbons (Fsp3) is 0.471. The third kappa shape index (κ3) is 3.79. The molecule has 0 spiro atoms. The van der Waals surface area contributed by atoms with E-state index >= 15 is 0 Å². The third-order valence-corrected chi connectivity index (χ3v) is 4.38. The molecule has 1 fully saturated rings. The molecule has 7 heteroatoms. The molecule has 0 bridgehead atoms. The Balaban J connectivity index is 1.51. The maximum atomic E-state index is 13.6. The highest BCUT2D eigenvalue weighted by Crippen LogP contribution is 2.20. The lowest BCUT2D eigenvalue weighted by Crippen LogP contribution is -2.24. The quantitative estimate of drug-likeness (QED) is 0.875. The van der Waals surface area contributed by atoms with Crippen LogP contribution in [0.4, 0.5) is 4.39 Å². The molecule has 0 radical (unpaired) electrons. The molecule has 0 amide bonds. The molecule has 1 aromatic carbocycles. The van der Waals surface area contributed by atoms with Crippen LogP contribution in [0.25, 0.3) is 11.4 Å². The zero-order chi connectivity index (χ0) is 17.1. The van der Waals surface area contributed by atoms with E-state index in [4.69, 9.17) is 9.63 Å². The molecule has 24 heavy (non-hydrogen) atoms. The van der Waals surface area contributed by atoms with Gasteiger partial charge in [0.2, 0.25) is 11.7 Å². The van der Waals surface area contributed by atoms with Crippen LogP contribution in [0.15, 0.2) is 22.7 Å². The summed E-state index contributed by atoms with van der Waals surface area (Å²) in [6, 6.07) is 4.86. The van der Waals surface area contributed by atoms with Crippen LogP contribution in [0, 0.1) is 18.7 Å². The van der Waals surface area contributed by atoms with Gasteiger partial charge in [0.15, 0.2) is 0 Å². The first kappa shape index (κ1) is 16.6. The summed E-state index contributed by atoms with van der Waals surface area (Å²) < 4.78 is 18.8. The van der Waals surface area contributed by atoms with Crippen LogP contribution in [0.3, 0.4) is 0 Å². The molecular weight excluding hydrogens is 313 g/mol. The maximum absolute atomic E-state index is 13.6. The number of benzene rings is 1. The van der Waals surface area contributed by atoms with E-state index < -0.39 is 5.97 Å². The summed E-state index contributed by atoms with van der Waals surface area (Å²) in [5.74, 6) is -0.363. The van der Waals surface area contributed by atoms with Crippen molar-refractivity contribution in [1.29, 1.82) is 0 Å². The van der Waals surface area contributed by atoms with Crippen molar-refractivity contribution in [3.8, 4) is 11.4 Å². The Morgan fingerprint density at radius 1 is 1.50 bits per heavy atom. The van der Waals surface area contributed by atoms with Gasteiger partial charge in [-0.2, -0.15) is 4.98 Å². The van der Waals surface area contributed by atoms with E-state index in [2.05, 4.69) is 15.0 Å². The first-order valence-electron chi connectivity index (χ1n) is 8.07. The minimum Gasteiger partial charge on any atom is -0.481 e. The second kappa shape index (κ2) is 7.09. The standard InChI is InChI=1S/C17H20FN3O3/c1-11-4-5-12(9-14(11)18)16-19-15(24-20-16)3-2-7-21-8-6-13(10-21)17(22)23/h4-5,9,13H,2-3,6-8,10H2,1H3,(H,22,23). The van der Waals surface area contributed by atoms with Crippen LogP contribution in [-0.4, -0.2) is 45.8 Å². The topological polar surface area (TPSA) is 79.5 Å². The van der Waals surface area contributed by atoms with Gasteiger partial charge in [0, 0.05) is 18.5 Å². The van der Waals surface area contributed by atoms with Crippen molar-refractivity contribution in [1.82, 2.24) is 15.0 Å². The Labute approximate surface area is 139 Å². The number of carbonyl (C=O) groups is 1. The molecular formula is C17H20FN3O3. The van der Waals surface area contributed by atoms with Gasteiger partial charge in [-0.1, -0.05) is 17.3 Å². The predicted molar refractivity (Wildman–Crippen MR) is 84.9 cm³/mol. The van der Waals surface area contributed by atoms with Gasteiger partial charge in [-0.05, 0) is 44.5 Å². The molecule has 1 aliphatic heterocycles. The molecule has 3 rings (SSSR count). The second-order valence-electron chi connectivity index (χ2n) is 6.20. The molecule has 1 aromatic heterocycles. The zero-order valence-electron chi connectivity index (χ0n) is 13.5. The largest absolute Gasteiger partial charge is 0.481 e.